The summed E-state index contributed by atoms with van der Waals surface area (Å²) in [4.78, 5) is 10.4. The minimum Gasteiger partial charge on any atom is -0.465 e. The number of nitrogens with one attached hydrogen (secondary N) is 1. The predicted octanol–water partition coefficient (Wildman–Crippen LogP) is 1.21. The number of carboxylic acid groups (broad SMARTS) is 1. The van der Waals surface area contributed by atoms with Crippen molar-refractivity contribution in [3.8, 4) is 0 Å². The molecule has 0 heterocycles. The molecule has 0 aromatic heterocycles. The number of methoxy groups -OCH3 is 1. The smallest absolute Gasteiger partial charge is 0.404 e. The topological polar surface area (TPSA) is 58.6 Å². The Morgan fingerprint density at radius 3 is 2.75 bits per heavy atom. The van der Waals surface area contributed by atoms with Gasteiger partial charge in [-0.15, -0.1) is 0 Å². The van der Waals surface area contributed by atoms with Crippen LogP contribution in [0.3, 0.4) is 0 Å². The summed E-state index contributed by atoms with van der Waals surface area (Å²) in [6.45, 7) is 0. The Labute approximate surface area is 71.9 Å². The van der Waals surface area contributed by atoms with Crippen molar-refractivity contribution in [1.29, 1.82) is 0 Å². The van der Waals surface area contributed by atoms with E-state index in [-0.39, 0.29) is 12.1 Å². The summed E-state index contributed by atoms with van der Waals surface area (Å²) in [7, 11) is 1.63. The van der Waals surface area contributed by atoms with Gasteiger partial charge in [0.15, 0.2) is 0 Å². The van der Waals surface area contributed by atoms with Crippen molar-refractivity contribution in [2.75, 3.05) is 7.11 Å². The van der Waals surface area contributed by atoms with Crippen LogP contribution in [0.5, 0.6) is 0 Å². The first kappa shape index (κ1) is 9.32. The molecule has 0 aromatic carbocycles. The fraction of sp³-hybridized carbons (Fsp3) is 0.875. The van der Waals surface area contributed by atoms with Crippen LogP contribution in [0.1, 0.15) is 25.7 Å². The lowest BCUT2D eigenvalue weighted by atomic mass is 9.92. The van der Waals surface area contributed by atoms with Crippen LogP contribution in [0.25, 0.3) is 0 Å². The molecule has 2 unspecified atom stereocenters. The van der Waals surface area contributed by atoms with E-state index in [4.69, 9.17) is 9.84 Å². The molecule has 0 bridgehead atoms. The molecule has 0 saturated heterocycles. The van der Waals surface area contributed by atoms with Crippen LogP contribution in [0, 0.1) is 0 Å². The van der Waals surface area contributed by atoms with E-state index < -0.39 is 6.09 Å². The van der Waals surface area contributed by atoms with Crippen molar-refractivity contribution < 1.29 is 14.6 Å². The Morgan fingerprint density at radius 1 is 1.50 bits per heavy atom. The van der Waals surface area contributed by atoms with Crippen LogP contribution in [-0.2, 0) is 4.74 Å². The van der Waals surface area contributed by atoms with Gasteiger partial charge in [0.25, 0.3) is 0 Å². The zero-order valence-electron chi connectivity index (χ0n) is 7.25. The fourth-order valence-corrected chi connectivity index (χ4v) is 1.70. The standard InChI is InChI=1S/C8H15NO3/c1-12-7-5-3-2-4-6(7)9-8(10)11/h6-7,9H,2-5H2,1H3,(H,10,11). The number of hydrogen-bond acceptors (Lipinski definition) is 2. The summed E-state index contributed by atoms with van der Waals surface area (Å²) >= 11 is 0. The van der Waals surface area contributed by atoms with Crippen LogP contribution >= 0.6 is 0 Å². The van der Waals surface area contributed by atoms with Gasteiger partial charge in [-0.25, -0.2) is 4.79 Å². The summed E-state index contributed by atoms with van der Waals surface area (Å²) in [6, 6.07) is -0.0127. The predicted molar refractivity (Wildman–Crippen MR) is 44.2 cm³/mol. The van der Waals surface area contributed by atoms with Crippen LogP contribution in [0.15, 0.2) is 0 Å². The monoisotopic (exact) mass is 173 g/mol. The maximum absolute atomic E-state index is 10.4. The van der Waals surface area contributed by atoms with E-state index in [0.717, 1.165) is 25.7 Å². The SMILES string of the molecule is COC1CCCCC1NC(=O)O. The zero-order valence-corrected chi connectivity index (χ0v) is 7.25. The first-order valence-corrected chi connectivity index (χ1v) is 4.26. The van der Waals surface area contributed by atoms with Gasteiger partial charge in [0.1, 0.15) is 0 Å². The van der Waals surface area contributed by atoms with Gasteiger partial charge in [0, 0.05) is 7.11 Å². The second kappa shape index (κ2) is 4.30. The third-order valence-electron chi connectivity index (χ3n) is 2.31. The minimum atomic E-state index is -0.955. The molecule has 1 aliphatic carbocycles. The largest absolute Gasteiger partial charge is 0.465 e. The molecule has 1 rings (SSSR count). The van der Waals surface area contributed by atoms with Crippen molar-refractivity contribution in [1.82, 2.24) is 5.32 Å². The lowest BCUT2D eigenvalue weighted by Gasteiger charge is -2.29. The second-order valence-corrected chi connectivity index (χ2v) is 3.11. The number of ether oxygens (including phenoxy) is 1. The number of carbonyl (C=O) groups is 1. The first-order valence-electron chi connectivity index (χ1n) is 4.26. The summed E-state index contributed by atoms with van der Waals surface area (Å²) < 4.78 is 5.18. The van der Waals surface area contributed by atoms with Crippen molar-refractivity contribution in [2.45, 2.75) is 37.8 Å². The first-order chi connectivity index (χ1) is 5.74. The molecule has 2 N–H and O–H groups in total. The highest BCUT2D eigenvalue weighted by Crippen LogP contribution is 2.20. The quantitative estimate of drug-likeness (QED) is 0.660. The average molecular weight is 173 g/mol. The molecule has 0 radical (unpaired) electrons. The summed E-state index contributed by atoms with van der Waals surface area (Å²) in [5.74, 6) is 0. The second-order valence-electron chi connectivity index (χ2n) is 3.11. The number of rotatable bonds is 2. The third-order valence-corrected chi connectivity index (χ3v) is 2.31. The Bertz CT molecular complexity index is 160. The average Bonchev–Trinajstić information content (AvgIpc) is 2.04. The van der Waals surface area contributed by atoms with Crippen LogP contribution < -0.4 is 5.32 Å². The van der Waals surface area contributed by atoms with Crippen LogP contribution in [-0.4, -0.2) is 30.5 Å². The normalized spacial score (nSPS) is 29.8. The minimum absolute atomic E-state index is 0.0127. The molecule has 1 saturated carbocycles. The molecule has 4 heteroatoms. The molecule has 1 aliphatic rings. The number of hydrogen-bond donors (Lipinski definition) is 2. The van der Waals surface area contributed by atoms with E-state index in [0.29, 0.717) is 0 Å². The van der Waals surface area contributed by atoms with Gasteiger partial charge >= 0.3 is 6.09 Å². The zero-order chi connectivity index (χ0) is 8.97. The van der Waals surface area contributed by atoms with Crippen molar-refractivity contribution in [2.24, 2.45) is 0 Å². The van der Waals surface area contributed by atoms with Crippen molar-refractivity contribution >= 4 is 6.09 Å². The molecule has 0 aromatic rings. The Hall–Kier alpha value is -0.770. The van der Waals surface area contributed by atoms with Gasteiger partial charge in [-0.3, -0.25) is 0 Å². The molecule has 1 fully saturated rings. The Balaban J connectivity index is 2.41. The molecular weight excluding hydrogens is 158 g/mol. The van der Waals surface area contributed by atoms with Gasteiger partial charge < -0.3 is 15.2 Å². The van der Waals surface area contributed by atoms with E-state index in [1.807, 2.05) is 0 Å². The highest BCUT2D eigenvalue weighted by atomic mass is 16.5. The van der Waals surface area contributed by atoms with Gasteiger partial charge in [-0.1, -0.05) is 12.8 Å². The van der Waals surface area contributed by atoms with E-state index in [9.17, 15) is 4.79 Å². The Kier molecular flexibility index (Phi) is 3.34. The van der Waals surface area contributed by atoms with E-state index in [1.165, 1.54) is 0 Å². The third kappa shape index (κ3) is 2.37. The van der Waals surface area contributed by atoms with Gasteiger partial charge in [-0.2, -0.15) is 0 Å². The van der Waals surface area contributed by atoms with E-state index in [1.54, 1.807) is 7.11 Å². The van der Waals surface area contributed by atoms with Crippen molar-refractivity contribution in [3.63, 3.8) is 0 Å². The number of amides is 1. The van der Waals surface area contributed by atoms with E-state index in [2.05, 4.69) is 5.32 Å². The Morgan fingerprint density at radius 2 is 2.17 bits per heavy atom. The summed E-state index contributed by atoms with van der Waals surface area (Å²) in [6.07, 6.45) is 3.19. The molecule has 2 atom stereocenters. The maximum atomic E-state index is 10.4. The highest BCUT2D eigenvalue weighted by molar-refractivity contribution is 5.64. The summed E-state index contributed by atoms with van der Waals surface area (Å²) in [5, 5.41) is 11.0. The molecule has 70 valence electrons. The molecule has 4 nitrogen and oxygen atoms in total. The molecule has 0 spiro atoms. The van der Waals surface area contributed by atoms with Crippen LogP contribution in [0.2, 0.25) is 0 Å². The van der Waals surface area contributed by atoms with Gasteiger partial charge in [0.2, 0.25) is 0 Å². The lowest BCUT2D eigenvalue weighted by Crippen LogP contribution is -2.45. The lowest BCUT2D eigenvalue weighted by molar-refractivity contribution is 0.0421. The molecule has 0 aliphatic heterocycles. The van der Waals surface area contributed by atoms with Crippen LogP contribution in [0.4, 0.5) is 4.79 Å². The molecule has 1 amide bonds. The van der Waals surface area contributed by atoms with Gasteiger partial charge in [0.05, 0.1) is 12.1 Å². The molecular formula is C8H15NO3. The maximum Gasteiger partial charge on any atom is 0.404 e. The fourth-order valence-electron chi connectivity index (χ4n) is 1.70. The molecule has 12 heavy (non-hydrogen) atoms. The van der Waals surface area contributed by atoms with Crippen molar-refractivity contribution in [3.05, 3.63) is 0 Å². The van der Waals surface area contributed by atoms with E-state index >= 15 is 0 Å². The highest BCUT2D eigenvalue weighted by Gasteiger charge is 2.25. The summed E-state index contributed by atoms with van der Waals surface area (Å²) in [5.41, 5.74) is 0. The van der Waals surface area contributed by atoms with Gasteiger partial charge in [-0.05, 0) is 12.8 Å².